The van der Waals surface area contributed by atoms with Crippen molar-refractivity contribution in [3.05, 3.63) is 40.9 Å². The molecule has 0 fully saturated rings. The minimum Gasteiger partial charge on any atom is -0.392 e. The highest BCUT2D eigenvalue weighted by molar-refractivity contribution is 5.38. The Morgan fingerprint density at radius 2 is 2.06 bits per heavy atom. The number of hydrogen-bond donors (Lipinski definition) is 3. The van der Waals surface area contributed by atoms with Crippen LogP contribution in [0.15, 0.2) is 40.9 Å². The molecule has 0 spiro atoms. The topological polar surface area (TPSA) is 58.3 Å². The summed E-state index contributed by atoms with van der Waals surface area (Å²) in [5, 5.41) is 12.0. The number of aliphatic hydroxyl groups is 1. The van der Waals surface area contributed by atoms with Gasteiger partial charge in [-0.05, 0) is 26.0 Å². The van der Waals surface area contributed by atoms with E-state index in [4.69, 9.17) is 5.73 Å². The molecular weight excluding hydrogens is 214 g/mol. The molecule has 0 radical (unpaired) electrons. The summed E-state index contributed by atoms with van der Waals surface area (Å²) < 4.78 is 26.5. The number of allylic oxidation sites excluding steroid dienone is 3. The third-order valence-electron chi connectivity index (χ3n) is 1.81. The Morgan fingerprint density at radius 1 is 1.44 bits per heavy atom. The quantitative estimate of drug-likeness (QED) is 0.640. The van der Waals surface area contributed by atoms with Gasteiger partial charge in [-0.3, -0.25) is 0 Å². The fourth-order valence-corrected chi connectivity index (χ4v) is 1.02. The van der Waals surface area contributed by atoms with Gasteiger partial charge in [0.1, 0.15) is 5.70 Å². The Balaban J connectivity index is 2.93. The summed E-state index contributed by atoms with van der Waals surface area (Å²) in [6, 6.07) is 0. The average Bonchev–Trinajstić information content (AvgIpc) is 2.28. The van der Waals surface area contributed by atoms with Crippen molar-refractivity contribution >= 4 is 0 Å². The molecule has 0 heterocycles. The molecule has 0 aromatic heterocycles. The van der Waals surface area contributed by atoms with E-state index >= 15 is 0 Å². The smallest absolute Gasteiger partial charge is 0.189 e. The highest BCUT2D eigenvalue weighted by atomic mass is 19.2. The van der Waals surface area contributed by atoms with Crippen LogP contribution in [0, 0.1) is 0 Å². The molecule has 0 bridgehead atoms. The second kappa shape index (κ2) is 4.51. The molecule has 0 aromatic rings. The van der Waals surface area contributed by atoms with Gasteiger partial charge >= 0.3 is 0 Å². The van der Waals surface area contributed by atoms with Crippen LogP contribution in [0.25, 0.3) is 0 Å². The summed E-state index contributed by atoms with van der Waals surface area (Å²) >= 11 is 0. The van der Waals surface area contributed by atoms with E-state index < -0.39 is 17.3 Å². The van der Waals surface area contributed by atoms with Crippen LogP contribution in [0.3, 0.4) is 0 Å². The molecule has 1 aliphatic carbocycles. The molecule has 0 atom stereocenters. The Kier molecular flexibility index (Phi) is 3.52. The summed E-state index contributed by atoms with van der Waals surface area (Å²) in [6.07, 6.45) is 2.14. The molecule has 88 valence electrons. The Morgan fingerprint density at radius 3 is 2.62 bits per heavy atom. The van der Waals surface area contributed by atoms with Crippen molar-refractivity contribution in [2.75, 3.05) is 6.54 Å². The average molecular weight is 228 g/mol. The van der Waals surface area contributed by atoms with Gasteiger partial charge in [-0.25, -0.2) is 8.78 Å². The van der Waals surface area contributed by atoms with Gasteiger partial charge in [0.2, 0.25) is 0 Å². The highest BCUT2D eigenvalue weighted by Crippen LogP contribution is 2.19. The maximum atomic E-state index is 13.4. The lowest BCUT2D eigenvalue weighted by atomic mass is 10.1. The standard InChI is InChI=1S/C11H14F2N2O/c1-11(2,16)6-15-9-5-7(14)3-4-8(12)10(9)13/h3-4,15-16H,6,14H2,1-2H3. The molecule has 0 unspecified atom stereocenters. The monoisotopic (exact) mass is 228 g/mol. The lowest BCUT2D eigenvalue weighted by molar-refractivity contribution is 0.0825. The lowest BCUT2D eigenvalue weighted by Crippen LogP contribution is -2.34. The van der Waals surface area contributed by atoms with E-state index in [2.05, 4.69) is 11.0 Å². The molecule has 16 heavy (non-hydrogen) atoms. The third kappa shape index (κ3) is 3.53. The predicted octanol–water partition coefficient (Wildman–Crippen LogP) is 1.39. The van der Waals surface area contributed by atoms with Gasteiger partial charge in [0.25, 0.3) is 0 Å². The van der Waals surface area contributed by atoms with Crippen LogP contribution in [0.2, 0.25) is 0 Å². The van der Waals surface area contributed by atoms with Gasteiger partial charge in [-0.15, -0.1) is 0 Å². The molecule has 5 heteroatoms. The lowest BCUT2D eigenvalue weighted by Gasteiger charge is -2.18. The van der Waals surface area contributed by atoms with Crippen molar-refractivity contribution in [3.63, 3.8) is 0 Å². The van der Waals surface area contributed by atoms with Crippen LogP contribution in [-0.4, -0.2) is 17.3 Å². The maximum absolute atomic E-state index is 13.4. The molecule has 1 aliphatic rings. The van der Waals surface area contributed by atoms with E-state index in [0.29, 0.717) is 0 Å². The zero-order chi connectivity index (χ0) is 12.3. The third-order valence-corrected chi connectivity index (χ3v) is 1.81. The SMILES string of the molecule is CC(C)(O)CNC1=C=C(N)C=CC(F)=C1F. The van der Waals surface area contributed by atoms with Crippen molar-refractivity contribution in [1.29, 1.82) is 0 Å². The van der Waals surface area contributed by atoms with E-state index in [1.54, 1.807) is 13.8 Å². The number of nitrogens with one attached hydrogen (secondary N) is 1. The first-order valence-corrected chi connectivity index (χ1v) is 4.76. The van der Waals surface area contributed by atoms with Crippen LogP contribution in [0.1, 0.15) is 13.8 Å². The normalized spacial score (nSPS) is 16.8. The van der Waals surface area contributed by atoms with Crippen molar-refractivity contribution in [2.45, 2.75) is 19.4 Å². The van der Waals surface area contributed by atoms with E-state index in [9.17, 15) is 13.9 Å². The molecule has 3 nitrogen and oxygen atoms in total. The summed E-state index contributed by atoms with van der Waals surface area (Å²) in [7, 11) is 0. The van der Waals surface area contributed by atoms with Crippen LogP contribution < -0.4 is 11.1 Å². The summed E-state index contributed by atoms with van der Waals surface area (Å²) in [6.45, 7) is 3.14. The van der Waals surface area contributed by atoms with Crippen molar-refractivity contribution in [2.24, 2.45) is 5.73 Å². The fraction of sp³-hybridized carbons (Fsp3) is 0.364. The van der Waals surface area contributed by atoms with E-state index in [0.717, 1.165) is 6.08 Å². The zero-order valence-electron chi connectivity index (χ0n) is 9.14. The van der Waals surface area contributed by atoms with Gasteiger partial charge in [0.05, 0.1) is 11.3 Å². The van der Waals surface area contributed by atoms with Gasteiger partial charge in [-0.2, -0.15) is 0 Å². The second-order valence-corrected chi connectivity index (χ2v) is 4.12. The first kappa shape index (κ1) is 12.5. The van der Waals surface area contributed by atoms with Crippen LogP contribution in [0.5, 0.6) is 0 Å². The highest BCUT2D eigenvalue weighted by Gasteiger charge is 2.17. The van der Waals surface area contributed by atoms with E-state index in [-0.39, 0.29) is 17.9 Å². The first-order valence-electron chi connectivity index (χ1n) is 4.76. The maximum Gasteiger partial charge on any atom is 0.189 e. The minimum absolute atomic E-state index is 0.0588. The summed E-state index contributed by atoms with van der Waals surface area (Å²) in [4.78, 5) is 0. The molecule has 0 amide bonds. The molecular formula is C11H14F2N2O. The van der Waals surface area contributed by atoms with Crippen LogP contribution in [-0.2, 0) is 0 Å². The molecule has 0 aliphatic heterocycles. The van der Waals surface area contributed by atoms with Crippen LogP contribution in [0.4, 0.5) is 8.78 Å². The first-order chi connectivity index (χ1) is 7.29. The Hall–Kier alpha value is -1.58. The van der Waals surface area contributed by atoms with Gasteiger partial charge < -0.3 is 16.2 Å². The summed E-state index contributed by atoms with van der Waals surface area (Å²) in [5.41, 5.74) is 6.76. The molecule has 4 N–H and O–H groups in total. The van der Waals surface area contributed by atoms with Gasteiger partial charge in [0.15, 0.2) is 11.7 Å². The molecule has 0 aromatic carbocycles. The number of rotatable bonds is 3. The summed E-state index contributed by atoms with van der Waals surface area (Å²) in [5.74, 6) is -2.09. The van der Waals surface area contributed by atoms with Crippen molar-refractivity contribution in [1.82, 2.24) is 5.32 Å². The largest absolute Gasteiger partial charge is 0.392 e. The zero-order valence-corrected chi connectivity index (χ0v) is 9.14. The molecule has 0 saturated carbocycles. The predicted molar refractivity (Wildman–Crippen MR) is 57.4 cm³/mol. The minimum atomic E-state index is -1.07. The number of halogens is 2. The Labute approximate surface area is 92.6 Å². The van der Waals surface area contributed by atoms with Gasteiger partial charge in [0, 0.05) is 6.54 Å². The number of nitrogens with two attached hydrogens (primary N) is 1. The second-order valence-electron chi connectivity index (χ2n) is 4.12. The van der Waals surface area contributed by atoms with Crippen molar-refractivity contribution in [3.8, 4) is 0 Å². The van der Waals surface area contributed by atoms with Gasteiger partial charge in [-0.1, -0.05) is 5.73 Å². The van der Waals surface area contributed by atoms with E-state index in [1.165, 1.54) is 6.08 Å². The fourth-order valence-electron chi connectivity index (χ4n) is 1.02. The van der Waals surface area contributed by atoms with E-state index in [1.807, 2.05) is 0 Å². The number of hydrogen-bond acceptors (Lipinski definition) is 3. The molecule has 0 saturated heterocycles. The van der Waals surface area contributed by atoms with Crippen LogP contribution >= 0.6 is 0 Å². The molecule has 1 rings (SSSR count). The Bertz CT molecular complexity index is 410. The van der Waals surface area contributed by atoms with Crippen molar-refractivity contribution < 1.29 is 13.9 Å².